The van der Waals surface area contributed by atoms with Gasteiger partial charge >= 0.3 is 0 Å². The zero-order chi connectivity index (χ0) is 15.4. The average molecular weight is 336 g/mol. The summed E-state index contributed by atoms with van der Waals surface area (Å²) in [4.78, 5) is 23.0. The summed E-state index contributed by atoms with van der Waals surface area (Å²) in [5.41, 5.74) is 2.92. The Kier molecular flexibility index (Phi) is 5.15. The van der Waals surface area contributed by atoms with E-state index in [2.05, 4.69) is 19.9 Å². The van der Waals surface area contributed by atoms with E-state index in [0.717, 1.165) is 44.0 Å². The number of carbonyl (C=O) groups is 1. The molecule has 1 aliphatic heterocycles. The van der Waals surface area contributed by atoms with Crippen LogP contribution in [-0.2, 0) is 11.3 Å². The van der Waals surface area contributed by atoms with E-state index in [9.17, 15) is 4.79 Å². The van der Waals surface area contributed by atoms with Gasteiger partial charge in [0.05, 0.1) is 23.5 Å². The molecule has 0 N–H and O–H groups in total. The number of likely N-dealkylation sites (tertiary alicyclic amines) is 1. The van der Waals surface area contributed by atoms with Gasteiger partial charge in [-0.1, -0.05) is 0 Å². The summed E-state index contributed by atoms with van der Waals surface area (Å²) in [5.74, 6) is 2.22. The molecule has 2 aromatic rings. The Balaban J connectivity index is 1.71. The highest BCUT2D eigenvalue weighted by molar-refractivity contribution is 7.99. The highest BCUT2D eigenvalue weighted by Crippen LogP contribution is 2.26. The minimum atomic E-state index is 0.245. The van der Waals surface area contributed by atoms with E-state index in [1.54, 1.807) is 23.1 Å². The predicted molar refractivity (Wildman–Crippen MR) is 90.4 cm³/mol. The third-order valence-electron chi connectivity index (χ3n) is 3.97. The van der Waals surface area contributed by atoms with Crippen LogP contribution in [0.1, 0.15) is 30.3 Å². The lowest BCUT2D eigenvalue weighted by Crippen LogP contribution is -2.40. The van der Waals surface area contributed by atoms with Crippen molar-refractivity contribution < 1.29 is 4.79 Å². The fourth-order valence-electron chi connectivity index (χ4n) is 2.93. The number of imidazole rings is 1. The highest BCUT2D eigenvalue weighted by atomic mass is 32.2. The topological polar surface area (TPSA) is 51.0 Å². The molecule has 0 aromatic carbocycles. The van der Waals surface area contributed by atoms with Crippen LogP contribution in [0.25, 0.3) is 0 Å². The van der Waals surface area contributed by atoms with Crippen molar-refractivity contribution in [3.63, 3.8) is 0 Å². The highest BCUT2D eigenvalue weighted by Gasteiger charge is 2.27. The number of thiazole rings is 1. The molecule has 1 atom stereocenters. The maximum absolute atomic E-state index is 12.1. The van der Waals surface area contributed by atoms with Crippen LogP contribution in [-0.4, -0.2) is 50.4 Å². The van der Waals surface area contributed by atoms with E-state index in [-0.39, 0.29) is 5.91 Å². The van der Waals surface area contributed by atoms with Crippen molar-refractivity contribution in [2.24, 2.45) is 0 Å². The zero-order valence-electron chi connectivity index (χ0n) is 12.6. The quantitative estimate of drug-likeness (QED) is 0.842. The Morgan fingerprint density at radius 2 is 2.41 bits per heavy atom. The first-order chi connectivity index (χ1) is 10.8. The number of piperidine rings is 1. The molecule has 0 bridgehead atoms. The molecule has 0 spiro atoms. The van der Waals surface area contributed by atoms with Crippen molar-refractivity contribution in [2.75, 3.05) is 25.1 Å². The molecule has 2 aromatic heterocycles. The maximum Gasteiger partial charge on any atom is 0.232 e. The van der Waals surface area contributed by atoms with Crippen LogP contribution in [0, 0.1) is 0 Å². The lowest BCUT2D eigenvalue weighted by Gasteiger charge is -2.32. The number of aromatic nitrogens is 3. The first kappa shape index (κ1) is 15.6. The molecule has 22 heavy (non-hydrogen) atoms. The molecule has 5 nitrogen and oxygen atoms in total. The Bertz CT molecular complexity index is 611. The summed E-state index contributed by atoms with van der Waals surface area (Å²) in [6.45, 7) is 2.42. The summed E-state index contributed by atoms with van der Waals surface area (Å²) in [7, 11) is 0. The van der Waals surface area contributed by atoms with Crippen molar-refractivity contribution >= 4 is 29.0 Å². The second-order valence-corrected chi connectivity index (χ2v) is 7.09. The van der Waals surface area contributed by atoms with Crippen LogP contribution in [0.4, 0.5) is 0 Å². The Morgan fingerprint density at radius 1 is 1.50 bits per heavy atom. The molecule has 7 heteroatoms. The Labute approximate surface area is 138 Å². The van der Waals surface area contributed by atoms with Gasteiger partial charge in [-0.25, -0.2) is 9.97 Å². The van der Waals surface area contributed by atoms with E-state index in [1.807, 2.05) is 29.1 Å². The standard InChI is InChI=1S/C15H20N4OS2/c1-21-10-14(20)18-5-2-3-12(7-18)15-16-4-6-19(15)8-13-9-22-11-17-13/h4,6,9,11-12H,2-3,5,7-8,10H2,1H3/t12-/m1/s1. The van der Waals surface area contributed by atoms with E-state index < -0.39 is 0 Å². The van der Waals surface area contributed by atoms with Gasteiger partial charge < -0.3 is 9.47 Å². The van der Waals surface area contributed by atoms with E-state index in [1.165, 1.54) is 0 Å². The third-order valence-corrected chi connectivity index (χ3v) is 5.14. The van der Waals surface area contributed by atoms with Gasteiger partial charge in [-0.2, -0.15) is 11.8 Å². The smallest absolute Gasteiger partial charge is 0.232 e. The van der Waals surface area contributed by atoms with Crippen molar-refractivity contribution in [2.45, 2.75) is 25.3 Å². The maximum atomic E-state index is 12.1. The molecule has 1 aliphatic rings. The summed E-state index contributed by atoms with van der Waals surface area (Å²) in [6, 6.07) is 0. The zero-order valence-corrected chi connectivity index (χ0v) is 14.3. The molecule has 0 aliphatic carbocycles. The van der Waals surface area contributed by atoms with Crippen LogP contribution in [0.15, 0.2) is 23.3 Å². The summed E-state index contributed by atoms with van der Waals surface area (Å²) >= 11 is 3.20. The lowest BCUT2D eigenvalue weighted by atomic mass is 9.97. The molecule has 3 rings (SSSR count). The van der Waals surface area contributed by atoms with Gasteiger partial charge in [0, 0.05) is 36.8 Å². The number of carbonyl (C=O) groups excluding carboxylic acids is 1. The number of hydrogen-bond acceptors (Lipinski definition) is 5. The molecule has 3 heterocycles. The van der Waals surface area contributed by atoms with Gasteiger partial charge in [-0.05, 0) is 19.1 Å². The summed E-state index contributed by atoms with van der Waals surface area (Å²) in [5, 5.41) is 2.07. The van der Waals surface area contributed by atoms with Gasteiger partial charge in [0.15, 0.2) is 0 Å². The van der Waals surface area contributed by atoms with Crippen LogP contribution in [0.3, 0.4) is 0 Å². The molecule has 1 amide bonds. The van der Waals surface area contributed by atoms with Crippen molar-refractivity contribution in [3.05, 3.63) is 34.8 Å². The third kappa shape index (κ3) is 3.52. The van der Waals surface area contributed by atoms with Gasteiger partial charge in [-0.15, -0.1) is 11.3 Å². The van der Waals surface area contributed by atoms with Crippen molar-refractivity contribution in [1.29, 1.82) is 0 Å². The number of amides is 1. The minimum Gasteiger partial charge on any atom is -0.341 e. The first-order valence-corrected chi connectivity index (χ1v) is 9.76. The number of hydrogen-bond donors (Lipinski definition) is 0. The summed E-state index contributed by atoms with van der Waals surface area (Å²) in [6.07, 6.45) is 7.98. The molecule has 0 radical (unpaired) electrons. The number of rotatable bonds is 5. The number of thioether (sulfide) groups is 1. The second-order valence-electron chi connectivity index (χ2n) is 5.51. The molecule has 118 valence electrons. The average Bonchev–Trinajstić information content (AvgIpc) is 3.20. The van der Waals surface area contributed by atoms with Gasteiger partial charge in [0.1, 0.15) is 5.82 Å². The molecular formula is C15H20N4OS2. The van der Waals surface area contributed by atoms with E-state index in [4.69, 9.17) is 0 Å². The Hall–Kier alpha value is -1.34. The fraction of sp³-hybridized carbons (Fsp3) is 0.533. The van der Waals surface area contributed by atoms with E-state index in [0.29, 0.717) is 11.7 Å². The van der Waals surface area contributed by atoms with Crippen molar-refractivity contribution in [1.82, 2.24) is 19.4 Å². The minimum absolute atomic E-state index is 0.245. The van der Waals surface area contributed by atoms with Crippen molar-refractivity contribution in [3.8, 4) is 0 Å². The largest absolute Gasteiger partial charge is 0.341 e. The van der Waals surface area contributed by atoms with Crippen LogP contribution >= 0.6 is 23.1 Å². The van der Waals surface area contributed by atoms with Crippen LogP contribution in [0.5, 0.6) is 0 Å². The molecule has 0 saturated carbocycles. The van der Waals surface area contributed by atoms with Crippen LogP contribution < -0.4 is 0 Å². The van der Waals surface area contributed by atoms with Crippen LogP contribution in [0.2, 0.25) is 0 Å². The number of nitrogens with zero attached hydrogens (tertiary/aromatic N) is 4. The molecular weight excluding hydrogens is 316 g/mol. The van der Waals surface area contributed by atoms with E-state index >= 15 is 0 Å². The van der Waals surface area contributed by atoms with Gasteiger partial charge in [0.2, 0.25) is 5.91 Å². The van der Waals surface area contributed by atoms with Gasteiger partial charge in [-0.3, -0.25) is 4.79 Å². The first-order valence-electron chi connectivity index (χ1n) is 7.42. The van der Waals surface area contributed by atoms with Gasteiger partial charge in [0.25, 0.3) is 0 Å². The fourth-order valence-corrected chi connectivity index (χ4v) is 3.91. The molecule has 0 unspecified atom stereocenters. The normalized spacial score (nSPS) is 18.6. The molecule has 1 fully saturated rings. The molecule has 1 saturated heterocycles. The Morgan fingerprint density at radius 3 is 3.18 bits per heavy atom. The predicted octanol–water partition coefficient (Wildman–Crippen LogP) is 2.46. The lowest BCUT2D eigenvalue weighted by molar-refractivity contribution is -0.129. The SMILES string of the molecule is CSCC(=O)N1CCC[C@@H](c2nccn2Cc2cscn2)C1. The monoisotopic (exact) mass is 336 g/mol. The second kappa shape index (κ2) is 7.28. The summed E-state index contributed by atoms with van der Waals surface area (Å²) < 4.78 is 2.17.